The largest absolute Gasteiger partial charge is 0.448 e. The van der Waals surface area contributed by atoms with Crippen LogP contribution in [-0.4, -0.2) is 9.97 Å². The van der Waals surface area contributed by atoms with Gasteiger partial charge in [-0.1, -0.05) is 84.9 Å². The van der Waals surface area contributed by atoms with E-state index in [0.717, 1.165) is 66.8 Å². The number of rotatable bonds is 8. The van der Waals surface area contributed by atoms with Gasteiger partial charge in [-0.3, -0.25) is 9.80 Å². The Morgan fingerprint density at radius 2 is 0.820 bits per heavy atom. The van der Waals surface area contributed by atoms with Crippen LogP contribution in [0.1, 0.15) is 0 Å². The van der Waals surface area contributed by atoms with E-state index in [1.54, 1.807) is 24.9 Å². The van der Waals surface area contributed by atoms with Gasteiger partial charge in [0.05, 0.1) is 23.9 Å². The van der Waals surface area contributed by atoms with E-state index in [1.807, 2.05) is 60.7 Å². The number of aromatic nitrogens is 2. The van der Waals surface area contributed by atoms with E-state index in [9.17, 15) is 0 Å². The van der Waals surface area contributed by atoms with Crippen LogP contribution in [0, 0.1) is 0 Å². The SMILES string of the molecule is c1ccc(-c2c3ccc(N(c4ccccn4)c4ccco4)cc3c(-c3ccccc3)c3ccc(N(c4ccccn4)c4ccco4)cc23)cc1. The quantitative estimate of drug-likeness (QED) is 0.153. The van der Waals surface area contributed by atoms with Crippen LogP contribution in [0.5, 0.6) is 0 Å². The molecule has 9 aromatic rings. The molecule has 4 heterocycles. The van der Waals surface area contributed by atoms with Gasteiger partial charge < -0.3 is 8.83 Å². The first-order chi connectivity index (χ1) is 24.8. The van der Waals surface area contributed by atoms with Crippen LogP contribution in [0.3, 0.4) is 0 Å². The third kappa shape index (κ3) is 5.16. The number of pyridine rings is 2. The van der Waals surface area contributed by atoms with Crippen LogP contribution < -0.4 is 9.80 Å². The van der Waals surface area contributed by atoms with Gasteiger partial charge in [-0.2, -0.15) is 0 Å². The number of fused-ring (bicyclic) bond motifs is 2. The van der Waals surface area contributed by atoms with E-state index in [-0.39, 0.29) is 0 Å². The zero-order valence-electron chi connectivity index (χ0n) is 26.9. The van der Waals surface area contributed by atoms with Crippen LogP contribution in [0.2, 0.25) is 0 Å². The molecular weight excluding hydrogens is 617 g/mol. The maximum Gasteiger partial charge on any atom is 0.205 e. The van der Waals surface area contributed by atoms with E-state index in [4.69, 9.17) is 18.8 Å². The zero-order chi connectivity index (χ0) is 33.3. The summed E-state index contributed by atoms with van der Waals surface area (Å²) in [4.78, 5) is 13.5. The van der Waals surface area contributed by atoms with Gasteiger partial charge in [-0.15, -0.1) is 0 Å². The van der Waals surface area contributed by atoms with E-state index in [0.29, 0.717) is 11.8 Å². The van der Waals surface area contributed by atoms with Gasteiger partial charge in [0.15, 0.2) is 0 Å². The van der Waals surface area contributed by atoms with Crippen molar-refractivity contribution >= 4 is 56.3 Å². The molecule has 6 nitrogen and oxygen atoms in total. The van der Waals surface area contributed by atoms with Crippen molar-refractivity contribution in [2.45, 2.75) is 0 Å². The van der Waals surface area contributed by atoms with Crippen molar-refractivity contribution in [3.05, 3.63) is 183 Å². The molecule has 238 valence electrons. The van der Waals surface area contributed by atoms with Crippen LogP contribution in [-0.2, 0) is 0 Å². The normalized spacial score (nSPS) is 11.2. The second-order valence-corrected chi connectivity index (χ2v) is 11.9. The molecule has 5 aromatic carbocycles. The van der Waals surface area contributed by atoms with Gasteiger partial charge in [0, 0.05) is 24.5 Å². The summed E-state index contributed by atoms with van der Waals surface area (Å²) in [6.07, 6.45) is 6.99. The fourth-order valence-electron chi connectivity index (χ4n) is 6.83. The number of hydrogen-bond donors (Lipinski definition) is 0. The minimum atomic E-state index is 0.686. The van der Waals surface area contributed by atoms with Gasteiger partial charge in [-0.25, -0.2) is 9.97 Å². The lowest BCUT2D eigenvalue weighted by atomic mass is 9.85. The molecule has 0 saturated carbocycles. The molecule has 0 radical (unpaired) electrons. The highest BCUT2D eigenvalue weighted by Crippen LogP contribution is 2.48. The van der Waals surface area contributed by atoms with Crippen molar-refractivity contribution < 1.29 is 8.83 Å². The van der Waals surface area contributed by atoms with Crippen molar-refractivity contribution in [2.24, 2.45) is 0 Å². The molecule has 0 unspecified atom stereocenters. The number of hydrogen-bond acceptors (Lipinski definition) is 6. The second-order valence-electron chi connectivity index (χ2n) is 11.9. The van der Waals surface area contributed by atoms with E-state index >= 15 is 0 Å². The Morgan fingerprint density at radius 1 is 0.380 bits per heavy atom. The Hall–Kier alpha value is -6.92. The molecular formula is C44H30N4O2. The van der Waals surface area contributed by atoms with E-state index in [2.05, 4.69) is 107 Å². The fraction of sp³-hybridized carbons (Fsp3) is 0. The first kappa shape index (κ1) is 29.2. The molecule has 0 atom stereocenters. The molecule has 9 rings (SSSR count). The predicted octanol–water partition coefficient (Wildman–Crippen LogP) is 12.2. The summed E-state index contributed by atoms with van der Waals surface area (Å²) < 4.78 is 11.9. The Balaban J connectivity index is 1.37. The van der Waals surface area contributed by atoms with E-state index < -0.39 is 0 Å². The monoisotopic (exact) mass is 646 g/mol. The minimum absolute atomic E-state index is 0.686. The van der Waals surface area contributed by atoms with Crippen molar-refractivity contribution in [1.82, 2.24) is 9.97 Å². The molecule has 0 N–H and O–H groups in total. The van der Waals surface area contributed by atoms with Gasteiger partial charge >= 0.3 is 0 Å². The highest BCUT2D eigenvalue weighted by Gasteiger charge is 2.23. The molecule has 0 fully saturated rings. The van der Waals surface area contributed by atoms with Crippen LogP contribution in [0.4, 0.5) is 34.8 Å². The number of furan rings is 2. The molecule has 0 saturated heterocycles. The minimum Gasteiger partial charge on any atom is -0.448 e. The molecule has 6 heteroatoms. The summed E-state index contributed by atoms with van der Waals surface area (Å²) in [5, 5.41) is 4.50. The van der Waals surface area contributed by atoms with Crippen molar-refractivity contribution in [3.63, 3.8) is 0 Å². The standard InChI is InChI=1S/C44H30N4O2/c1-3-13-31(14-4-1)43-35-23-21-34(48(42-20-12-28-50-42)40-18-8-10-26-46-40)30-38(35)44(32-15-5-2-6-16-32)36-24-22-33(29-37(36)43)47(41-19-11-27-49-41)39-17-7-9-25-45-39/h1-30H. The van der Waals surface area contributed by atoms with Crippen molar-refractivity contribution in [1.29, 1.82) is 0 Å². The van der Waals surface area contributed by atoms with Crippen molar-refractivity contribution in [3.8, 4) is 22.3 Å². The topological polar surface area (TPSA) is 58.5 Å². The lowest BCUT2D eigenvalue weighted by Crippen LogP contribution is -2.11. The lowest BCUT2D eigenvalue weighted by Gasteiger charge is -2.25. The van der Waals surface area contributed by atoms with Gasteiger partial charge in [0.1, 0.15) is 11.6 Å². The summed E-state index contributed by atoms with van der Waals surface area (Å²) in [6, 6.07) is 54.1. The molecule has 0 spiro atoms. The summed E-state index contributed by atoms with van der Waals surface area (Å²) >= 11 is 0. The van der Waals surface area contributed by atoms with Gasteiger partial charge in [0.2, 0.25) is 11.8 Å². The predicted molar refractivity (Wildman–Crippen MR) is 202 cm³/mol. The third-order valence-electron chi connectivity index (χ3n) is 8.93. The van der Waals surface area contributed by atoms with E-state index in [1.165, 1.54) is 0 Å². The smallest absolute Gasteiger partial charge is 0.205 e. The maximum atomic E-state index is 5.97. The molecule has 0 aliphatic rings. The van der Waals surface area contributed by atoms with Crippen LogP contribution in [0.15, 0.2) is 191 Å². The summed E-state index contributed by atoms with van der Waals surface area (Å²) in [5.41, 5.74) is 6.43. The molecule has 0 amide bonds. The average Bonchev–Trinajstić information content (AvgIpc) is 3.92. The first-order valence-corrected chi connectivity index (χ1v) is 16.5. The number of anilines is 6. The summed E-state index contributed by atoms with van der Waals surface area (Å²) in [5.74, 6) is 2.91. The molecule has 4 aromatic heterocycles. The maximum absolute atomic E-state index is 5.97. The number of benzene rings is 5. The average molecular weight is 647 g/mol. The Morgan fingerprint density at radius 3 is 1.20 bits per heavy atom. The summed E-state index contributed by atoms with van der Waals surface area (Å²) in [6.45, 7) is 0. The lowest BCUT2D eigenvalue weighted by molar-refractivity contribution is 0.573. The molecule has 0 aliphatic heterocycles. The molecule has 0 aliphatic carbocycles. The zero-order valence-corrected chi connectivity index (χ0v) is 26.9. The Labute approximate surface area is 289 Å². The highest BCUT2D eigenvalue weighted by atomic mass is 16.3. The summed E-state index contributed by atoms with van der Waals surface area (Å²) in [7, 11) is 0. The van der Waals surface area contributed by atoms with Gasteiger partial charge in [0.25, 0.3) is 0 Å². The van der Waals surface area contributed by atoms with Crippen LogP contribution in [0.25, 0.3) is 43.8 Å². The fourth-order valence-corrected chi connectivity index (χ4v) is 6.83. The first-order valence-electron chi connectivity index (χ1n) is 16.5. The highest BCUT2D eigenvalue weighted by molar-refractivity contribution is 6.22. The number of nitrogens with zero attached hydrogens (tertiary/aromatic N) is 4. The third-order valence-corrected chi connectivity index (χ3v) is 8.93. The molecule has 0 bridgehead atoms. The van der Waals surface area contributed by atoms with Crippen LogP contribution >= 0.6 is 0 Å². The Bertz CT molecular complexity index is 2340. The Kier molecular flexibility index (Phi) is 7.37. The van der Waals surface area contributed by atoms with Gasteiger partial charge in [-0.05, 0) is 104 Å². The molecule has 50 heavy (non-hydrogen) atoms. The van der Waals surface area contributed by atoms with Crippen molar-refractivity contribution in [2.75, 3.05) is 9.80 Å². The second kappa shape index (κ2) is 12.6.